The van der Waals surface area contributed by atoms with Crippen molar-refractivity contribution in [1.29, 1.82) is 0 Å². The molecule has 0 saturated carbocycles. The molecule has 0 spiro atoms. The Kier molecular flexibility index (Phi) is 11.5. The van der Waals surface area contributed by atoms with Gasteiger partial charge in [-0.15, -0.1) is 0 Å². The molecule has 0 radical (unpaired) electrons. The van der Waals surface area contributed by atoms with Gasteiger partial charge in [0, 0.05) is 71.1 Å². The molecule has 93 heavy (non-hydrogen) atoms. The predicted octanol–water partition coefficient (Wildman–Crippen LogP) is 22.1. The molecule has 0 N–H and O–H groups in total. The largest absolute Gasteiger partial charge is 0.456 e. The highest BCUT2D eigenvalue weighted by Gasteiger charge is 2.35. The summed E-state index contributed by atoms with van der Waals surface area (Å²) in [7, 11) is 0. The molecule has 0 aliphatic heterocycles. The molecule has 19 rings (SSSR count). The normalized spacial score (nSPS) is 12.7. The minimum Gasteiger partial charge on any atom is -0.456 e. The number of nitrogens with zero attached hydrogens (tertiary/aromatic N) is 6. The molecule has 0 saturated heterocycles. The van der Waals surface area contributed by atoms with Crippen LogP contribution in [0.15, 0.2) is 288 Å². The number of hydrogen-bond acceptors (Lipinski definition) is 8. The molecule has 0 fully saturated rings. The van der Waals surface area contributed by atoms with Crippen LogP contribution in [0.5, 0.6) is 0 Å². The second-order valence-corrected chi connectivity index (χ2v) is 24.9. The minimum atomic E-state index is -0.195. The van der Waals surface area contributed by atoms with Crippen LogP contribution in [0.1, 0.15) is 25.0 Å². The number of hydrogen-bond donors (Lipinski definition) is 0. The topological polar surface area (TPSA) is 104 Å². The summed E-state index contributed by atoms with van der Waals surface area (Å²) in [6, 6.07) is 98.1. The summed E-state index contributed by atoms with van der Waals surface area (Å²) in [5, 5.41) is 13.0. The van der Waals surface area contributed by atoms with Crippen LogP contribution in [0.2, 0.25) is 0 Å². The fourth-order valence-corrected chi connectivity index (χ4v) is 14.6. The quantitative estimate of drug-likeness (QED) is 0.139. The third-order valence-corrected chi connectivity index (χ3v) is 19.1. The standard InChI is InChI=1S/C85H52N6O2/c1-85(2)69-28-12-9-25-61(69)62-40-38-60(47-70(62)85)84-87-79(53-19-7-4-8-20-53)86-82(91-84)59-36-33-51-37-41-63-66(48-74-78(76(63)68(51)46-59)65-27-11-14-30-72(65)93-74)55-22-16-24-57(44-55)81-88-80(56-23-15-21-54(43-56)49-17-5-3-6-18-49)89-83(90-81)58-35-32-50-31-34-52-39-42-73-77(75(52)67(50)45-58)64-26-10-13-29-71(64)92-73/h3-48H,1-2H3. The van der Waals surface area contributed by atoms with Gasteiger partial charge in [-0.05, 0) is 131 Å². The zero-order valence-corrected chi connectivity index (χ0v) is 50.6. The molecular weight excluding hydrogens is 1140 g/mol. The van der Waals surface area contributed by atoms with Crippen LogP contribution in [0.4, 0.5) is 0 Å². The molecule has 4 heterocycles. The molecular formula is C85H52N6O2. The second-order valence-electron chi connectivity index (χ2n) is 24.9. The molecule has 8 heteroatoms. The van der Waals surface area contributed by atoms with Crippen LogP contribution >= 0.6 is 0 Å². The molecule has 18 aromatic rings. The van der Waals surface area contributed by atoms with Crippen LogP contribution < -0.4 is 0 Å². The van der Waals surface area contributed by atoms with Crippen molar-refractivity contribution in [3.05, 3.63) is 290 Å². The summed E-state index contributed by atoms with van der Waals surface area (Å²) < 4.78 is 13.3. The average molecular weight is 1190 g/mol. The first-order chi connectivity index (χ1) is 45.8. The highest BCUT2D eigenvalue weighted by molar-refractivity contribution is 6.30. The first-order valence-corrected chi connectivity index (χ1v) is 31.5. The summed E-state index contributed by atoms with van der Waals surface area (Å²) >= 11 is 0. The molecule has 8 nitrogen and oxygen atoms in total. The van der Waals surface area contributed by atoms with Crippen molar-refractivity contribution in [2.24, 2.45) is 0 Å². The van der Waals surface area contributed by atoms with Crippen LogP contribution in [-0.4, -0.2) is 29.9 Å². The lowest BCUT2D eigenvalue weighted by molar-refractivity contribution is 0.660. The van der Waals surface area contributed by atoms with E-state index in [1.54, 1.807) is 0 Å². The van der Waals surface area contributed by atoms with Gasteiger partial charge in [-0.3, -0.25) is 0 Å². The summed E-state index contributed by atoms with van der Waals surface area (Å²) in [6.07, 6.45) is 0. The van der Waals surface area contributed by atoms with Gasteiger partial charge in [0.1, 0.15) is 22.3 Å². The monoisotopic (exact) mass is 1190 g/mol. The van der Waals surface area contributed by atoms with Crippen molar-refractivity contribution in [3.8, 4) is 102 Å². The Morgan fingerprint density at radius 2 is 0.667 bits per heavy atom. The molecule has 434 valence electrons. The van der Waals surface area contributed by atoms with Crippen molar-refractivity contribution in [3.63, 3.8) is 0 Å². The number of furan rings is 2. The van der Waals surface area contributed by atoms with Gasteiger partial charge in [0.15, 0.2) is 34.9 Å². The average Bonchev–Trinajstić information content (AvgIpc) is 1.70. The molecule has 1 aliphatic carbocycles. The van der Waals surface area contributed by atoms with Gasteiger partial charge in [0.25, 0.3) is 0 Å². The summed E-state index contributed by atoms with van der Waals surface area (Å²) in [5.74, 6) is 3.49. The SMILES string of the molecule is CC1(C)c2ccccc2-c2ccc(-c3nc(-c4ccccc4)nc(-c4ccc5ccc6c(-c7cccc(-c8nc(-c9cccc(-c%10ccccc%10)c9)nc(-c9ccc%10ccc%11ccc%12oc%13ccccc%13c%12c%11c%10c9)n8)c7)cc7oc8ccccc8c7c6c5c4)n3)cc21. The smallest absolute Gasteiger partial charge is 0.164 e. The molecule has 4 aromatic heterocycles. The third kappa shape index (κ3) is 8.46. The minimum absolute atomic E-state index is 0.195. The van der Waals surface area contributed by atoms with E-state index in [1.807, 2.05) is 42.5 Å². The molecule has 0 bridgehead atoms. The van der Waals surface area contributed by atoms with E-state index in [2.05, 4.69) is 250 Å². The number of para-hydroxylation sites is 2. The highest BCUT2D eigenvalue weighted by Crippen LogP contribution is 2.50. The predicted molar refractivity (Wildman–Crippen MR) is 379 cm³/mol. The molecule has 0 unspecified atom stereocenters. The van der Waals surface area contributed by atoms with E-state index in [4.69, 9.17) is 38.7 Å². The van der Waals surface area contributed by atoms with Gasteiger partial charge in [-0.25, -0.2) is 29.9 Å². The third-order valence-electron chi connectivity index (χ3n) is 19.1. The van der Waals surface area contributed by atoms with E-state index in [-0.39, 0.29) is 5.41 Å². The van der Waals surface area contributed by atoms with Gasteiger partial charge >= 0.3 is 0 Å². The van der Waals surface area contributed by atoms with Crippen LogP contribution in [0.25, 0.3) is 189 Å². The lowest BCUT2D eigenvalue weighted by Gasteiger charge is -2.21. The van der Waals surface area contributed by atoms with E-state index in [0.717, 1.165) is 143 Å². The summed E-state index contributed by atoms with van der Waals surface area (Å²) in [4.78, 5) is 32.0. The summed E-state index contributed by atoms with van der Waals surface area (Å²) in [5.41, 5.74) is 17.7. The lowest BCUT2D eigenvalue weighted by atomic mass is 9.82. The van der Waals surface area contributed by atoms with E-state index < -0.39 is 0 Å². The fraction of sp³-hybridized carbons (Fsp3) is 0.0353. The number of benzene rings is 14. The van der Waals surface area contributed by atoms with Gasteiger partial charge in [-0.1, -0.05) is 238 Å². The van der Waals surface area contributed by atoms with Crippen LogP contribution in [0.3, 0.4) is 0 Å². The van der Waals surface area contributed by atoms with Crippen molar-refractivity contribution < 1.29 is 8.83 Å². The van der Waals surface area contributed by atoms with E-state index >= 15 is 0 Å². The zero-order chi connectivity index (χ0) is 61.5. The van der Waals surface area contributed by atoms with E-state index in [9.17, 15) is 0 Å². The highest BCUT2D eigenvalue weighted by atomic mass is 16.3. The van der Waals surface area contributed by atoms with Crippen molar-refractivity contribution in [1.82, 2.24) is 29.9 Å². The molecule has 0 amide bonds. The first kappa shape index (κ1) is 52.7. The van der Waals surface area contributed by atoms with Crippen LogP contribution in [0, 0.1) is 0 Å². The maximum absolute atomic E-state index is 6.89. The Morgan fingerprint density at radius 1 is 0.226 bits per heavy atom. The fourth-order valence-electron chi connectivity index (χ4n) is 14.6. The van der Waals surface area contributed by atoms with E-state index in [1.165, 1.54) is 22.3 Å². The van der Waals surface area contributed by atoms with Gasteiger partial charge in [0.05, 0.1) is 0 Å². The second kappa shape index (κ2) is 20.4. The Labute approximate surface area is 533 Å². The molecule has 0 atom stereocenters. The first-order valence-electron chi connectivity index (χ1n) is 31.5. The van der Waals surface area contributed by atoms with Gasteiger partial charge in [0.2, 0.25) is 0 Å². The summed E-state index contributed by atoms with van der Waals surface area (Å²) in [6.45, 7) is 4.61. The molecule has 14 aromatic carbocycles. The van der Waals surface area contributed by atoms with Crippen LogP contribution in [-0.2, 0) is 5.41 Å². The van der Waals surface area contributed by atoms with Crippen molar-refractivity contribution in [2.45, 2.75) is 19.3 Å². The Morgan fingerprint density at radius 3 is 1.33 bits per heavy atom. The number of aromatic nitrogens is 6. The maximum Gasteiger partial charge on any atom is 0.164 e. The lowest BCUT2D eigenvalue weighted by Crippen LogP contribution is -2.15. The van der Waals surface area contributed by atoms with Gasteiger partial charge in [-0.2, -0.15) is 0 Å². The molecule has 1 aliphatic rings. The number of rotatable bonds is 8. The Hall–Kier alpha value is -12.3. The zero-order valence-electron chi connectivity index (χ0n) is 50.6. The number of fused-ring (bicyclic) bond motifs is 17. The Bertz CT molecular complexity index is 6170. The van der Waals surface area contributed by atoms with Crippen molar-refractivity contribution in [2.75, 3.05) is 0 Å². The maximum atomic E-state index is 6.89. The Balaban J connectivity index is 0.787. The van der Waals surface area contributed by atoms with E-state index in [0.29, 0.717) is 34.9 Å². The van der Waals surface area contributed by atoms with Crippen molar-refractivity contribution >= 4 is 87.0 Å². The van der Waals surface area contributed by atoms with Gasteiger partial charge < -0.3 is 8.83 Å².